The fourth-order valence-corrected chi connectivity index (χ4v) is 3.19. The van der Waals surface area contributed by atoms with Crippen molar-refractivity contribution in [1.82, 2.24) is 19.9 Å². The Bertz CT molecular complexity index is 1100. The molecule has 1 atom stereocenters. The van der Waals surface area contributed by atoms with Crippen LogP contribution in [-0.4, -0.2) is 52.6 Å². The van der Waals surface area contributed by atoms with Gasteiger partial charge in [0.25, 0.3) is 0 Å². The Balaban J connectivity index is 1.65. The number of hydrogen-bond donors (Lipinski definition) is 3. The third-order valence-corrected chi connectivity index (χ3v) is 4.95. The standard InChI is InChI=1S/C24H31N7O3/c1-5-33-19-13-12-18(14-20(19)34-6-2)26-21(32)15-31(4)16(3)22-28-23(25)30-24(29-22)27-17-10-8-7-9-11-17/h7-14,16H,5-6,15H2,1-4H3,(H,26,32)(H3,25,27,28,29,30). The van der Waals surface area contributed by atoms with Gasteiger partial charge in [0, 0.05) is 17.4 Å². The number of carbonyl (C=O) groups excluding carboxylic acids is 1. The Morgan fingerprint density at radius 3 is 2.41 bits per heavy atom. The second-order valence-electron chi connectivity index (χ2n) is 7.53. The number of ether oxygens (including phenoxy) is 2. The van der Waals surface area contributed by atoms with E-state index in [1.807, 2.05) is 63.1 Å². The predicted molar refractivity (Wildman–Crippen MR) is 132 cm³/mol. The molecule has 0 saturated heterocycles. The van der Waals surface area contributed by atoms with E-state index in [1.54, 1.807) is 18.2 Å². The molecule has 1 heterocycles. The third kappa shape index (κ3) is 6.79. The number of amides is 1. The first-order valence-corrected chi connectivity index (χ1v) is 11.1. The summed E-state index contributed by atoms with van der Waals surface area (Å²) in [6, 6.07) is 14.6. The number of anilines is 4. The summed E-state index contributed by atoms with van der Waals surface area (Å²) >= 11 is 0. The number of hydrogen-bond acceptors (Lipinski definition) is 9. The molecule has 0 radical (unpaired) electrons. The van der Waals surface area contributed by atoms with Crippen molar-refractivity contribution in [3.05, 3.63) is 54.4 Å². The quantitative estimate of drug-likeness (QED) is 0.389. The summed E-state index contributed by atoms with van der Waals surface area (Å²) in [4.78, 5) is 27.4. The summed E-state index contributed by atoms with van der Waals surface area (Å²) in [5.74, 6) is 1.94. The lowest BCUT2D eigenvalue weighted by molar-refractivity contribution is -0.117. The molecule has 1 aromatic heterocycles. The van der Waals surface area contributed by atoms with Gasteiger partial charge in [-0.05, 0) is 52.1 Å². The minimum absolute atomic E-state index is 0.103. The topological polar surface area (TPSA) is 128 Å². The molecule has 180 valence electrons. The number of benzene rings is 2. The van der Waals surface area contributed by atoms with Gasteiger partial charge in [-0.1, -0.05) is 18.2 Å². The van der Waals surface area contributed by atoms with Gasteiger partial charge in [-0.25, -0.2) is 0 Å². The molecule has 0 fully saturated rings. The van der Waals surface area contributed by atoms with E-state index < -0.39 is 0 Å². The van der Waals surface area contributed by atoms with E-state index in [0.717, 1.165) is 5.69 Å². The van der Waals surface area contributed by atoms with E-state index in [4.69, 9.17) is 15.2 Å². The van der Waals surface area contributed by atoms with Gasteiger partial charge < -0.3 is 25.8 Å². The van der Waals surface area contributed by atoms with Gasteiger partial charge in [0.2, 0.25) is 17.8 Å². The molecule has 0 aliphatic carbocycles. The Hall–Kier alpha value is -3.92. The largest absolute Gasteiger partial charge is 0.490 e. The van der Waals surface area contributed by atoms with Crippen molar-refractivity contribution < 1.29 is 14.3 Å². The zero-order chi connectivity index (χ0) is 24.5. The average Bonchev–Trinajstić information content (AvgIpc) is 2.80. The second-order valence-corrected chi connectivity index (χ2v) is 7.53. The van der Waals surface area contributed by atoms with Gasteiger partial charge in [0.1, 0.15) is 0 Å². The second kappa shape index (κ2) is 11.8. The monoisotopic (exact) mass is 465 g/mol. The molecule has 2 aromatic carbocycles. The molecule has 3 aromatic rings. The molecule has 34 heavy (non-hydrogen) atoms. The van der Waals surface area contributed by atoms with Gasteiger partial charge in [0.05, 0.1) is 25.8 Å². The van der Waals surface area contributed by atoms with Crippen molar-refractivity contribution in [1.29, 1.82) is 0 Å². The van der Waals surface area contributed by atoms with Gasteiger partial charge in [-0.15, -0.1) is 0 Å². The summed E-state index contributed by atoms with van der Waals surface area (Å²) in [6.07, 6.45) is 0. The van der Waals surface area contributed by atoms with Crippen LogP contribution in [0.5, 0.6) is 11.5 Å². The molecule has 0 aliphatic rings. The maximum absolute atomic E-state index is 12.7. The smallest absolute Gasteiger partial charge is 0.238 e. The van der Waals surface area contributed by atoms with Gasteiger partial charge in [-0.2, -0.15) is 15.0 Å². The molecule has 0 aliphatic heterocycles. The maximum Gasteiger partial charge on any atom is 0.238 e. The zero-order valence-electron chi connectivity index (χ0n) is 19.9. The molecule has 1 amide bonds. The molecular formula is C24H31N7O3. The fourth-order valence-electron chi connectivity index (χ4n) is 3.19. The van der Waals surface area contributed by atoms with Crippen LogP contribution in [0.1, 0.15) is 32.6 Å². The van der Waals surface area contributed by atoms with Crippen molar-refractivity contribution in [2.24, 2.45) is 0 Å². The maximum atomic E-state index is 12.7. The van der Waals surface area contributed by atoms with Crippen LogP contribution in [0.2, 0.25) is 0 Å². The average molecular weight is 466 g/mol. The van der Waals surface area contributed by atoms with Crippen LogP contribution in [0.25, 0.3) is 0 Å². The van der Waals surface area contributed by atoms with Crippen molar-refractivity contribution in [3.8, 4) is 11.5 Å². The molecule has 0 spiro atoms. The van der Waals surface area contributed by atoms with E-state index in [2.05, 4.69) is 25.6 Å². The van der Waals surface area contributed by atoms with Crippen LogP contribution in [-0.2, 0) is 4.79 Å². The normalized spacial score (nSPS) is 11.7. The molecule has 0 saturated carbocycles. The number of carbonyl (C=O) groups is 1. The molecule has 10 nitrogen and oxygen atoms in total. The number of nitrogens with one attached hydrogen (secondary N) is 2. The number of rotatable bonds is 11. The van der Waals surface area contributed by atoms with Crippen molar-refractivity contribution in [3.63, 3.8) is 0 Å². The SMILES string of the molecule is CCOc1ccc(NC(=O)CN(C)C(C)c2nc(N)nc(Nc3ccccc3)n2)cc1OCC. The highest BCUT2D eigenvalue weighted by Crippen LogP contribution is 2.30. The lowest BCUT2D eigenvalue weighted by atomic mass is 10.2. The Labute approximate surface area is 199 Å². The highest BCUT2D eigenvalue weighted by Gasteiger charge is 2.19. The molecule has 4 N–H and O–H groups in total. The molecule has 1 unspecified atom stereocenters. The summed E-state index contributed by atoms with van der Waals surface area (Å²) < 4.78 is 11.2. The lowest BCUT2D eigenvalue weighted by Crippen LogP contribution is -2.33. The fraction of sp³-hybridized carbons (Fsp3) is 0.333. The third-order valence-electron chi connectivity index (χ3n) is 4.95. The lowest BCUT2D eigenvalue weighted by Gasteiger charge is -2.23. The Morgan fingerprint density at radius 1 is 1.00 bits per heavy atom. The summed E-state index contributed by atoms with van der Waals surface area (Å²) in [7, 11) is 1.82. The highest BCUT2D eigenvalue weighted by molar-refractivity contribution is 5.92. The van der Waals surface area contributed by atoms with E-state index in [1.165, 1.54) is 0 Å². The molecule has 10 heteroatoms. The number of nitrogens with zero attached hydrogens (tertiary/aromatic N) is 4. The van der Waals surface area contributed by atoms with Crippen LogP contribution in [0.3, 0.4) is 0 Å². The minimum atomic E-state index is -0.285. The van der Waals surface area contributed by atoms with Crippen LogP contribution in [0.4, 0.5) is 23.3 Å². The van der Waals surface area contributed by atoms with Gasteiger partial charge in [0.15, 0.2) is 17.3 Å². The summed E-state index contributed by atoms with van der Waals surface area (Å²) in [5, 5.41) is 6.02. The van der Waals surface area contributed by atoms with Crippen molar-refractivity contribution >= 4 is 29.2 Å². The summed E-state index contributed by atoms with van der Waals surface area (Å²) in [5.41, 5.74) is 7.36. The van der Waals surface area contributed by atoms with Crippen LogP contribution in [0, 0.1) is 0 Å². The van der Waals surface area contributed by atoms with Crippen molar-refractivity contribution in [2.45, 2.75) is 26.8 Å². The van der Waals surface area contributed by atoms with Crippen LogP contribution < -0.4 is 25.8 Å². The number of para-hydroxylation sites is 1. The number of nitrogen functional groups attached to an aromatic ring is 1. The number of nitrogens with two attached hydrogens (primary N) is 1. The molecule has 0 bridgehead atoms. The van der Waals surface area contributed by atoms with Crippen LogP contribution >= 0.6 is 0 Å². The zero-order valence-corrected chi connectivity index (χ0v) is 19.9. The predicted octanol–water partition coefficient (Wildman–Crippen LogP) is 3.63. The van der Waals surface area contributed by atoms with Gasteiger partial charge >= 0.3 is 0 Å². The first-order valence-electron chi connectivity index (χ1n) is 11.1. The van der Waals surface area contributed by atoms with Gasteiger partial charge in [-0.3, -0.25) is 9.69 Å². The number of aromatic nitrogens is 3. The van der Waals surface area contributed by atoms with Crippen LogP contribution in [0.15, 0.2) is 48.5 Å². The Morgan fingerprint density at radius 2 is 1.71 bits per heavy atom. The Kier molecular flexibility index (Phi) is 8.58. The molecule has 3 rings (SSSR count). The van der Waals surface area contributed by atoms with E-state index in [9.17, 15) is 4.79 Å². The first kappa shape index (κ1) is 24.7. The number of likely N-dealkylation sites (N-methyl/N-ethyl adjacent to an activating group) is 1. The van der Waals surface area contributed by atoms with E-state index in [0.29, 0.717) is 42.2 Å². The first-order chi connectivity index (χ1) is 16.4. The van der Waals surface area contributed by atoms with E-state index >= 15 is 0 Å². The highest BCUT2D eigenvalue weighted by atomic mass is 16.5. The van der Waals surface area contributed by atoms with E-state index in [-0.39, 0.29) is 24.4 Å². The minimum Gasteiger partial charge on any atom is -0.490 e. The summed E-state index contributed by atoms with van der Waals surface area (Å²) in [6.45, 7) is 6.84. The van der Waals surface area contributed by atoms with Crippen molar-refractivity contribution in [2.75, 3.05) is 43.2 Å². The molecular weight excluding hydrogens is 434 g/mol.